The van der Waals surface area contributed by atoms with Gasteiger partial charge in [-0.3, -0.25) is 15.0 Å². The Morgan fingerprint density at radius 2 is 1.61 bits per heavy atom. The molecule has 28 heavy (non-hydrogen) atoms. The molecule has 144 valence electrons. The Labute approximate surface area is 171 Å². The van der Waals surface area contributed by atoms with E-state index < -0.39 is 0 Å². The van der Waals surface area contributed by atoms with E-state index in [4.69, 9.17) is 12.2 Å². The SMILES string of the molecule is CCN(CC)Cc1ccc(NC(=S)NC(=O)c2cccc3ccccc23)cc1. The topological polar surface area (TPSA) is 44.4 Å². The fraction of sp³-hybridized carbons (Fsp3) is 0.217. The van der Waals surface area contributed by atoms with Crippen LogP contribution in [-0.4, -0.2) is 29.0 Å². The molecular weight excluding hydrogens is 366 g/mol. The maximum absolute atomic E-state index is 12.7. The van der Waals surface area contributed by atoms with E-state index in [0.717, 1.165) is 36.1 Å². The summed E-state index contributed by atoms with van der Waals surface area (Å²) in [5, 5.41) is 8.08. The van der Waals surface area contributed by atoms with Gasteiger partial charge in [0, 0.05) is 17.8 Å². The number of rotatable bonds is 6. The van der Waals surface area contributed by atoms with Gasteiger partial charge < -0.3 is 5.32 Å². The van der Waals surface area contributed by atoms with Gasteiger partial charge in [0.15, 0.2) is 5.11 Å². The normalized spacial score (nSPS) is 10.8. The van der Waals surface area contributed by atoms with Crippen LogP contribution in [0.1, 0.15) is 29.8 Å². The molecule has 3 aromatic rings. The summed E-state index contributed by atoms with van der Waals surface area (Å²) in [5.41, 5.74) is 2.71. The van der Waals surface area contributed by atoms with Crippen molar-refractivity contribution in [2.75, 3.05) is 18.4 Å². The fourth-order valence-corrected chi connectivity index (χ4v) is 3.37. The van der Waals surface area contributed by atoms with Gasteiger partial charge in [-0.05, 0) is 59.8 Å². The molecule has 0 fully saturated rings. The van der Waals surface area contributed by atoms with Crippen molar-refractivity contribution >= 4 is 39.7 Å². The van der Waals surface area contributed by atoms with Crippen LogP contribution in [0.2, 0.25) is 0 Å². The third-order valence-electron chi connectivity index (χ3n) is 4.77. The number of nitrogens with one attached hydrogen (secondary N) is 2. The Bertz CT molecular complexity index is 960. The largest absolute Gasteiger partial charge is 0.332 e. The summed E-state index contributed by atoms with van der Waals surface area (Å²) in [7, 11) is 0. The van der Waals surface area contributed by atoms with Crippen LogP contribution in [0, 0.1) is 0 Å². The van der Waals surface area contributed by atoms with Crippen molar-refractivity contribution in [1.82, 2.24) is 10.2 Å². The summed E-state index contributed by atoms with van der Waals surface area (Å²) in [5.74, 6) is -0.215. The van der Waals surface area contributed by atoms with Gasteiger partial charge in [0.1, 0.15) is 0 Å². The zero-order chi connectivity index (χ0) is 19.9. The Morgan fingerprint density at radius 3 is 2.32 bits per heavy atom. The molecule has 5 heteroatoms. The first-order valence-electron chi connectivity index (χ1n) is 9.52. The molecule has 3 aromatic carbocycles. The number of nitrogens with zero attached hydrogens (tertiary/aromatic N) is 1. The van der Waals surface area contributed by atoms with Crippen LogP contribution >= 0.6 is 12.2 Å². The lowest BCUT2D eigenvalue weighted by atomic mass is 10.0. The minimum Gasteiger partial charge on any atom is -0.332 e. The first-order chi connectivity index (χ1) is 13.6. The molecule has 0 atom stereocenters. The number of hydrogen-bond acceptors (Lipinski definition) is 3. The second-order valence-electron chi connectivity index (χ2n) is 6.59. The van der Waals surface area contributed by atoms with Crippen LogP contribution in [0.25, 0.3) is 10.8 Å². The van der Waals surface area contributed by atoms with Gasteiger partial charge in [-0.15, -0.1) is 0 Å². The number of carbonyl (C=O) groups is 1. The van der Waals surface area contributed by atoms with Crippen LogP contribution < -0.4 is 10.6 Å². The summed E-state index contributed by atoms with van der Waals surface area (Å²) in [6, 6.07) is 21.6. The summed E-state index contributed by atoms with van der Waals surface area (Å²) in [6.07, 6.45) is 0. The van der Waals surface area contributed by atoms with E-state index in [1.165, 1.54) is 5.56 Å². The molecule has 0 radical (unpaired) electrons. The van der Waals surface area contributed by atoms with Crippen LogP contribution in [0.4, 0.5) is 5.69 Å². The molecule has 0 aliphatic rings. The molecular formula is C23H25N3OS. The number of carbonyl (C=O) groups excluding carboxylic acids is 1. The first kappa shape index (κ1) is 20.0. The zero-order valence-corrected chi connectivity index (χ0v) is 17.1. The highest BCUT2D eigenvalue weighted by molar-refractivity contribution is 7.80. The molecule has 4 nitrogen and oxygen atoms in total. The van der Waals surface area contributed by atoms with E-state index in [2.05, 4.69) is 41.5 Å². The molecule has 0 saturated heterocycles. The lowest BCUT2D eigenvalue weighted by Gasteiger charge is -2.18. The summed E-state index contributed by atoms with van der Waals surface area (Å²) < 4.78 is 0. The second-order valence-corrected chi connectivity index (χ2v) is 7.00. The quantitative estimate of drug-likeness (QED) is 0.592. The maximum atomic E-state index is 12.7. The minimum atomic E-state index is -0.215. The van der Waals surface area contributed by atoms with Crippen molar-refractivity contribution < 1.29 is 4.79 Å². The summed E-state index contributed by atoms with van der Waals surface area (Å²) in [4.78, 5) is 15.0. The van der Waals surface area contributed by atoms with Crippen LogP contribution in [0.3, 0.4) is 0 Å². The summed E-state index contributed by atoms with van der Waals surface area (Å²) in [6.45, 7) is 7.31. The number of hydrogen-bond donors (Lipinski definition) is 2. The van der Waals surface area contributed by atoms with Crippen molar-refractivity contribution in [3.05, 3.63) is 77.9 Å². The van der Waals surface area contributed by atoms with Gasteiger partial charge >= 0.3 is 0 Å². The minimum absolute atomic E-state index is 0.215. The monoisotopic (exact) mass is 391 g/mol. The number of benzene rings is 3. The van der Waals surface area contributed by atoms with Gasteiger partial charge in [0.25, 0.3) is 5.91 Å². The molecule has 0 aliphatic carbocycles. The third-order valence-corrected chi connectivity index (χ3v) is 4.98. The highest BCUT2D eigenvalue weighted by Gasteiger charge is 2.11. The van der Waals surface area contributed by atoms with Crippen molar-refractivity contribution in [2.24, 2.45) is 0 Å². The van der Waals surface area contributed by atoms with Crippen molar-refractivity contribution in [2.45, 2.75) is 20.4 Å². The van der Waals surface area contributed by atoms with Gasteiger partial charge in [-0.25, -0.2) is 0 Å². The van der Waals surface area contributed by atoms with Gasteiger partial charge in [0.05, 0.1) is 0 Å². The number of amides is 1. The highest BCUT2D eigenvalue weighted by Crippen LogP contribution is 2.18. The molecule has 0 unspecified atom stereocenters. The van der Waals surface area contributed by atoms with Crippen LogP contribution in [0.5, 0.6) is 0 Å². The van der Waals surface area contributed by atoms with E-state index >= 15 is 0 Å². The molecule has 0 bridgehead atoms. The molecule has 1 amide bonds. The first-order valence-corrected chi connectivity index (χ1v) is 9.93. The molecule has 0 aliphatic heterocycles. The van der Waals surface area contributed by atoms with E-state index in [1.54, 1.807) is 0 Å². The smallest absolute Gasteiger partial charge is 0.258 e. The summed E-state index contributed by atoms with van der Waals surface area (Å²) >= 11 is 5.32. The lowest BCUT2D eigenvalue weighted by Crippen LogP contribution is -2.34. The molecule has 0 spiro atoms. The zero-order valence-electron chi connectivity index (χ0n) is 16.2. The Morgan fingerprint density at radius 1 is 0.929 bits per heavy atom. The molecule has 0 heterocycles. The number of thiocarbonyl (C=S) groups is 1. The fourth-order valence-electron chi connectivity index (χ4n) is 3.16. The van der Waals surface area contributed by atoms with E-state index in [9.17, 15) is 4.79 Å². The second kappa shape index (κ2) is 9.44. The highest BCUT2D eigenvalue weighted by atomic mass is 32.1. The van der Waals surface area contributed by atoms with E-state index in [0.29, 0.717) is 5.56 Å². The van der Waals surface area contributed by atoms with Gasteiger partial charge in [-0.1, -0.05) is 62.4 Å². The van der Waals surface area contributed by atoms with Gasteiger partial charge in [-0.2, -0.15) is 0 Å². The van der Waals surface area contributed by atoms with Crippen molar-refractivity contribution in [3.63, 3.8) is 0 Å². The predicted octanol–water partition coefficient (Wildman–Crippen LogP) is 4.81. The van der Waals surface area contributed by atoms with Crippen molar-refractivity contribution in [3.8, 4) is 0 Å². The predicted molar refractivity (Wildman–Crippen MR) is 121 cm³/mol. The van der Waals surface area contributed by atoms with E-state index in [-0.39, 0.29) is 11.0 Å². The molecule has 0 aromatic heterocycles. The van der Waals surface area contributed by atoms with Crippen molar-refractivity contribution in [1.29, 1.82) is 0 Å². The standard InChI is InChI=1S/C23H25N3OS/c1-3-26(4-2)16-17-12-14-19(15-13-17)24-23(28)25-22(27)21-11-7-9-18-8-5-6-10-20(18)21/h5-15H,3-4,16H2,1-2H3,(H2,24,25,27,28). The maximum Gasteiger partial charge on any atom is 0.258 e. The van der Waals surface area contributed by atoms with E-state index in [1.807, 2.05) is 54.6 Å². The Kier molecular flexibility index (Phi) is 6.74. The lowest BCUT2D eigenvalue weighted by molar-refractivity contribution is 0.0979. The van der Waals surface area contributed by atoms with Crippen LogP contribution in [-0.2, 0) is 6.54 Å². The Hall–Kier alpha value is -2.76. The van der Waals surface area contributed by atoms with Gasteiger partial charge in [0.2, 0.25) is 0 Å². The molecule has 2 N–H and O–H groups in total. The average Bonchev–Trinajstić information content (AvgIpc) is 2.72. The molecule has 0 saturated carbocycles. The average molecular weight is 392 g/mol. The third kappa shape index (κ3) is 4.94. The molecule has 3 rings (SSSR count). The van der Waals surface area contributed by atoms with Crippen LogP contribution in [0.15, 0.2) is 66.7 Å². The number of fused-ring (bicyclic) bond motifs is 1. The Balaban J connectivity index is 1.63. The number of anilines is 1.